The second-order valence-corrected chi connectivity index (χ2v) is 5.82. The van der Waals surface area contributed by atoms with E-state index in [-0.39, 0.29) is 18.1 Å². The van der Waals surface area contributed by atoms with Crippen molar-refractivity contribution in [1.29, 1.82) is 0 Å². The van der Waals surface area contributed by atoms with E-state index < -0.39 is 0 Å². The maximum Gasteiger partial charge on any atom is 0.251 e. The molecule has 1 fully saturated rings. The molecule has 1 aromatic rings. The molecule has 0 aromatic carbocycles. The SMILES string of the molecule is CC1CN[C@@H](CCCCCNC(=O)c2ccncc2)C1O. The van der Waals surface area contributed by atoms with Gasteiger partial charge in [-0.05, 0) is 30.9 Å². The van der Waals surface area contributed by atoms with Gasteiger partial charge in [0.2, 0.25) is 0 Å². The number of unbranched alkanes of at least 4 members (excludes halogenated alkanes) is 2. The zero-order chi connectivity index (χ0) is 15.1. The number of pyridine rings is 1. The van der Waals surface area contributed by atoms with Crippen LogP contribution in [-0.4, -0.2) is 41.2 Å². The van der Waals surface area contributed by atoms with Crippen molar-refractivity contribution in [3.63, 3.8) is 0 Å². The minimum Gasteiger partial charge on any atom is -0.391 e. The van der Waals surface area contributed by atoms with Crippen LogP contribution in [0.2, 0.25) is 0 Å². The van der Waals surface area contributed by atoms with Crippen molar-refractivity contribution in [2.75, 3.05) is 13.1 Å². The molecular weight excluding hydrogens is 266 g/mol. The summed E-state index contributed by atoms with van der Waals surface area (Å²) in [6, 6.07) is 3.67. The summed E-state index contributed by atoms with van der Waals surface area (Å²) in [7, 11) is 0. The first kappa shape index (κ1) is 15.9. The topological polar surface area (TPSA) is 74.2 Å². The Balaban J connectivity index is 1.53. The molecule has 1 saturated heterocycles. The summed E-state index contributed by atoms with van der Waals surface area (Å²) in [6.45, 7) is 3.68. The normalized spacial score (nSPS) is 25.0. The Morgan fingerprint density at radius 3 is 2.81 bits per heavy atom. The molecule has 3 N–H and O–H groups in total. The smallest absolute Gasteiger partial charge is 0.251 e. The third-order valence-corrected chi connectivity index (χ3v) is 4.12. The van der Waals surface area contributed by atoms with E-state index in [1.165, 1.54) is 0 Å². The number of aliphatic hydroxyl groups excluding tert-OH is 1. The van der Waals surface area contributed by atoms with E-state index >= 15 is 0 Å². The number of carbonyl (C=O) groups excluding carboxylic acids is 1. The van der Waals surface area contributed by atoms with Gasteiger partial charge in [0.05, 0.1) is 6.10 Å². The van der Waals surface area contributed by atoms with Crippen LogP contribution in [0.3, 0.4) is 0 Å². The van der Waals surface area contributed by atoms with E-state index in [4.69, 9.17) is 0 Å². The number of nitrogens with zero attached hydrogens (tertiary/aromatic N) is 1. The number of aromatic nitrogens is 1. The third kappa shape index (κ3) is 4.79. The molecule has 0 radical (unpaired) electrons. The number of nitrogens with one attached hydrogen (secondary N) is 2. The molecule has 0 aliphatic carbocycles. The Morgan fingerprint density at radius 2 is 2.14 bits per heavy atom. The molecule has 2 unspecified atom stereocenters. The lowest BCUT2D eigenvalue weighted by Gasteiger charge is -2.16. The van der Waals surface area contributed by atoms with Gasteiger partial charge in [-0.15, -0.1) is 0 Å². The van der Waals surface area contributed by atoms with Crippen molar-refractivity contribution >= 4 is 5.91 Å². The molecule has 116 valence electrons. The molecule has 3 atom stereocenters. The van der Waals surface area contributed by atoms with E-state index in [9.17, 15) is 9.90 Å². The van der Waals surface area contributed by atoms with Crippen molar-refractivity contribution in [3.8, 4) is 0 Å². The highest BCUT2D eigenvalue weighted by Gasteiger charge is 2.30. The maximum absolute atomic E-state index is 11.8. The van der Waals surface area contributed by atoms with Crippen LogP contribution in [-0.2, 0) is 0 Å². The van der Waals surface area contributed by atoms with Gasteiger partial charge in [-0.1, -0.05) is 19.8 Å². The second-order valence-electron chi connectivity index (χ2n) is 5.82. The number of hydrogen-bond acceptors (Lipinski definition) is 4. The molecule has 0 bridgehead atoms. The van der Waals surface area contributed by atoms with Crippen molar-refractivity contribution in [2.45, 2.75) is 44.8 Å². The third-order valence-electron chi connectivity index (χ3n) is 4.12. The number of rotatable bonds is 7. The van der Waals surface area contributed by atoms with Crippen LogP contribution in [0.5, 0.6) is 0 Å². The van der Waals surface area contributed by atoms with Crippen LogP contribution in [0.4, 0.5) is 0 Å². The Bertz CT molecular complexity index is 438. The molecule has 5 nitrogen and oxygen atoms in total. The van der Waals surface area contributed by atoms with Gasteiger partial charge in [0.15, 0.2) is 0 Å². The predicted octanol–water partition coefficient (Wildman–Crippen LogP) is 1.34. The summed E-state index contributed by atoms with van der Waals surface area (Å²) < 4.78 is 0. The fraction of sp³-hybridized carbons (Fsp3) is 0.625. The number of carbonyl (C=O) groups is 1. The zero-order valence-electron chi connectivity index (χ0n) is 12.6. The Labute approximate surface area is 126 Å². The summed E-state index contributed by atoms with van der Waals surface area (Å²) in [5, 5.41) is 16.2. The van der Waals surface area contributed by atoms with Crippen LogP contribution >= 0.6 is 0 Å². The largest absolute Gasteiger partial charge is 0.391 e. The monoisotopic (exact) mass is 291 g/mol. The van der Waals surface area contributed by atoms with E-state index in [0.717, 1.165) is 32.2 Å². The molecular formula is C16H25N3O2. The van der Waals surface area contributed by atoms with Gasteiger partial charge in [-0.3, -0.25) is 9.78 Å². The molecule has 0 saturated carbocycles. The molecule has 2 heterocycles. The minimum atomic E-state index is -0.212. The van der Waals surface area contributed by atoms with Gasteiger partial charge in [0, 0.05) is 37.1 Å². The Morgan fingerprint density at radius 1 is 1.38 bits per heavy atom. The first-order valence-electron chi connectivity index (χ1n) is 7.78. The van der Waals surface area contributed by atoms with Crippen LogP contribution in [0, 0.1) is 5.92 Å². The first-order chi connectivity index (χ1) is 10.2. The number of hydrogen-bond donors (Lipinski definition) is 3. The standard InChI is InChI=1S/C16H25N3O2/c1-12-11-19-14(15(12)20)5-3-2-4-8-18-16(21)13-6-9-17-10-7-13/h6-7,9-10,12,14-15,19-20H,2-5,8,11H2,1H3,(H,18,21)/t12?,14-,15?/m0/s1. The van der Waals surface area contributed by atoms with Crippen molar-refractivity contribution in [3.05, 3.63) is 30.1 Å². The van der Waals surface area contributed by atoms with Gasteiger partial charge in [0.25, 0.3) is 5.91 Å². The highest BCUT2D eigenvalue weighted by Crippen LogP contribution is 2.18. The van der Waals surface area contributed by atoms with Crippen LogP contribution < -0.4 is 10.6 Å². The van der Waals surface area contributed by atoms with Crippen LogP contribution in [0.25, 0.3) is 0 Å². The molecule has 5 heteroatoms. The summed E-state index contributed by atoms with van der Waals surface area (Å²) in [6.07, 6.45) is 7.14. The molecule has 2 rings (SSSR count). The summed E-state index contributed by atoms with van der Waals surface area (Å²) in [4.78, 5) is 15.7. The molecule has 1 aromatic heterocycles. The average molecular weight is 291 g/mol. The molecule has 21 heavy (non-hydrogen) atoms. The van der Waals surface area contributed by atoms with Gasteiger partial charge < -0.3 is 15.7 Å². The lowest BCUT2D eigenvalue weighted by atomic mass is 9.99. The molecule has 0 spiro atoms. The Hall–Kier alpha value is -1.46. The van der Waals surface area contributed by atoms with Gasteiger partial charge in [-0.25, -0.2) is 0 Å². The van der Waals surface area contributed by atoms with E-state index in [0.29, 0.717) is 18.0 Å². The van der Waals surface area contributed by atoms with Gasteiger partial charge in [-0.2, -0.15) is 0 Å². The summed E-state index contributed by atoms with van der Waals surface area (Å²) >= 11 is 0. The second kappa shape index (κ2) is 8.10. The Kier molecular flexibility index (Phi) is 6.14. The van der Waals surface area contributed by atoms with Crippen molar-refractivity contribution in [1.82, 2.24) is 15.6 Å². The van der Waals surface area contributed by atoms with E-state index in [1.807, 2.05) is 0 Å². The lowest BCUT2D eigenvalue weighted by molar-refractivity contribution is 0.0952. The highest BCUT2D eigenvalue weighted by molar-refractivity contribution is 5.93. The van der Waals surface area contributed by atoms with Crippen molar-refractivity contribution in [2.24, 2.45) is 5.92 Å². The van der Waals surface area contributed by atoms with Gasteiger partial charge >= 0.3 is 0 Å². The van der Waals surface area contributed by atoms with E-state index in [2.05, 4.69) is 22.5 Å². The lowest BCUT2D eigenvalue weighted by Crippen LogP contribution is -2.31. The number of amides is 1. The number of aliphatic hydroxyl groups is 1. The van der Waals surface area contributed by atoms with Crippen LogP contribution in [0.1, 0.15) is 43.0 Å². The fourth-order valence-electron chi connectivity index (χ4n) is 2.72. The fourth-order valence-corrected chi connectivity index (χ4v) is 2.72. The first-order valence-corrected chi connectivity index (χ1v) is 7.78. The van der Waals surface area contributed by atoms with E-state index in [1.54, 1.807) is 24.5 Å². The molecule has 1 aliphatic rings. The highest BCUT2D eigenvalue weighted by atomic mass is 16.3. The average Bonchev–Trinajstić information content (AvgIpc) is 2.83. The van der Waals surface area contributed by atoms with Gasteiger partial charge in [0.1, 0.15) is 0 Å². The predicted molar refractivity (Wildman–Crippen MR) is 82.0 cm³/mol. The molecule has 1 amide bonds. The summed E-state index contributed by atoms with van der Waals surface area (Å²) in [5.74, 6) is 0.314. The van der Waals surface area contributed by atoms with Crippen LogP contribution in [0.15, 0.2) is 24.5 Å². The maximum atomic E-state index is 11.8. The minimum absolute atomic E-state index is 0.0425. The van der Waals surface area contributed by atoms with Crippen molar-refractivity contribution < 1.29 is 9.90 Å². The summed E-state index contributed by atoms with van der Waals surface area (Å²) in [5.41, 5.74) is 0.650. The quantitative estimate of drug-likeness (QED) is 0.663. The zero-order valence-corrected chi connectivity index (χ0v) is 12.6. The molecule has 1 aliphatic heterocycles.